The number of aromatic nitrogens is 2. The predicted molar refractivity (Wildman–Crippen MR) is 107 cm³/mol. The largest absolute Gasteiger partial charge is 0.383 e. The zero-order valence-corrected chi connectivity index (χ0v) is 14.8. The summed E-state index contributed by atoms with van der Waals surface area (Å²) in [5.41, 5.74) is 8.29. The van der Waals surface area contributed by atoms with Gasteiger partial charge >= 0.3 is 0 Å². The molecule has 0 atom stereocenters. The Morgan fingerprint density at radius 3 is 2.50 bits per heavy atom. The Labute approximate surface area is 153 Å². The lowest BCUT2D eigenvalue weighted by Crippen LogP contribution is -3.14. The number of rotatable bonds is 4. The first-order valence-electron chi connectivity index (χ1n) is 9.12. The van der Waals surface area contributed by atoms with E-state index in [1.54, 1.807) is 4.90 Å². The Hall–Kier alpha value is -2.92. The van der Waals surface area contributed by atoms with Crippen LogP contribution < -0.4 is 15.5 Å². The maximum atomic E-state index is 6.12. The quantitative estimate of drug-likeness (QED) is 0.754. The molecule has 1 fully saturated rings. The van der Waals surface area contributed by atoms with Gasteiger partial charge in [-0.25, -0.2) is 4.98 Å². The van der Waals surface area contributed by atoms with Crippen molar-refractivity contribution in [1.29, 1.82) is 0 Å². The minimum absolute atomic E-state index is 0.561. The molecule has 2 heterocycles. The second-order valence-corrected chi connectivity index (χ2v) is 6.68. The lowest BCUT2D eigenvalue weighted by Gasteiger charge is -2.31. The highest BCUT2D eigenvalue weighted by Crippen LogP contribution is 2.20. The van der Waals surface area contributed by atoms with Crippen LogP contribution in [0.5, 0.6) is 0 Å². The summed E-state index contributed by atoms with van der Waals surface area (Å²) in [4.78, 5) is 13.0. The third-order valence-electron chi connectivity index (χ3n) is 4.89. The number of benzene rings is 2. The van der Waals surface area contributed by atoms with Crippen molar-refractivity contribution in [1.82, 2.24) is 9.97 Å². The van der Waals surface area contributed by atoms with Gasteiger partial charge in [-0.2, -0.15) is 4.98 Å². The summed E-state index contributed by atoms with van der Waals surface area (Å²) in [6, 6.07) is 18.4. The van der Waals surface area contributed by atoms with Gasteiger partial charge in [0, 0.05) is 5.39 Å². The van der Waals surface area contributed by atoms with Gasteiger partial charge in [-0.1, -0.05) is 48.5 Å². The van der Waals surface area contributed by atoms with Crippen LogP contribution in [0.25, 0.3) is 17.0 Å². The standard InChI is InChI=1S/C21H23N5/c22-20-18-10-4-5-11-19(18)23-21(24-20)26-15-13-25(14-16-26)12-6-9-17-7-2-1-3-8-17/h1-11H,12-16H2,(H2,22,23,24)/p+1/b9-6+. The fourth-order valence-electron chi connectivity index (χ4n) is 3.38. The van der Waals surface area contributed by atoms with Crippen molar-refractivity contribution in [2.75, 3.05) is 43.4 Å². The van der Waals surface area contributed by atoms with Crippen molar-refractivity contribution < 1.29 is 4.90 Å². The van der Waals surface area contributed by atoms with E-state index in [0.717, 1.165) is 49.6 Å². The molecule has 0 bridgehead atoms. The molecule has 0 amide bonds. The maximum absolute atomic E-state index is 6.12. The Morgan fingerprint density at radius 1 is 0.962 bits per heavy atom. The highest BCUT2D eigenvalue weighted by atomic mass is 15.3. The molecule has 5 heteroatoms. The summed E-state index contributed by atoms with van der Waals surface area (Å²) >= 11 is 0. The highest BCUT2D eigenvalue weighted by Gasteiger charge is 2.21. The second kappa shape index (κ2) is 7.54. The van der Waals surface area contributed by atoms with E-state index in [2.05, 4.69) is 46.3 Å². The normalized spacial score (nSPS) is 15.8. The van der Waals surface area contributed by atoms with E-state index in [1.165, 1.54) is 5.56 Å². The lowest BCUT2D eigenvalue weighted by molar-refractivity contribution is -0.894. The molecule has 0 spiro atoms. The zero-order valence-electron chi connectivity index (χ0n) is 14.8. The van der Waals surface area contributed by atoms with Crippen molar-refractivity contribution >= 4 is 28.7 Å². The Bertz CT molecular complexity index is 899. The molecule has 5 nitrogen and oxygen atoms in total. The number of para-hydroxylation sites is 1. The van der Waals surface area contributed by atoms with Crippen LogP contribution in [0.1, 0.15) is 5.56 Å². The van der Waals surface area contributed by atoms with E-state index in [-0.39, 0.29) is 0 Å². The molecule has 1 aromatic heterocycles. The SMILES string of the molecule is Nc1nc(N2CC[NH+](C/C=C/c3ccccc3)CC2)nc2ccccc12. The number of hydrogen-bond donors (Lipinski definition) is 2. The monoisotopic (exact) mass is 346 g/mol. The molecular formula is C21H24N5+. The molecule has 132 valence electrons. The molecule has 4 rings (SSSR count). The minimum atomic E-state index is 0.561. The maximum Gasteiger partial charge on any atom is 0.228 e. The molecule has 0 saturated carbocycles. The van der Waals surface area contributed by atoms with Gasteiger partial charge in [-0.15, -0.1) is 0 Å². The molecule has 26 heavy (non-hydrogen) atoms. The molecule has 1 saturated heterocycles. The number of nitrogens with one attached hydrogen (secondary N) is 1. The molecule has 2 aromatic carbocycles. The van der Waals surface area contributed by atoms with E-state index in [4.69, 9.17) is 10.7 Å². The highest BCUT2D eigenvalue weighted by molar-refractivity contribution is 5.88. The van der Waals surface area contributed by atoms with Gasteiger partial charge < -0.3 is 15.5 Å². The molecule has 0 unspecified atom stereocenters. The van der Waals surface area contributed by atoms with Crippen LogP contribution in [0.3, 0.4) is 0 Å². The van der Waals surface area contributed by atoms with Gasteiger partial charge in [-0.05, 0) is 23.8 Å². The van der Waals surface area contributed by atoms with Gasteiger partial charge in [0.05, 0.1) is 38.2 Å². The number of nitrogen functional groups attached to an aromatic ring is 1. The first-order valence-corrected chi connectivity index (χ1v) is 9.12. The predicted octanol–water partition coefficient (Wildman–Crippen LogP) is 1.63. The first kappa shape index (κ1) is 16.5. The summed E-state index contributed by atoms with van der Waals surface area (Å²) in [5, 5.41) is 0.923. The molecule has 3 N–H and O–H groups in total. The number of nitrogens with two attached hydrogens (primary N) is 1. The average Bonchev–Trinajstić information content (AvgIpc) is 2.69. The van der Waals surface area contributed by atoms with Crippen LogP contribution >= 0.6 is 0 Å². The lowest BCUT2D eigenvalue weighted by atomic mass is 10.2. The van der Waals surface area contributed by atoms with E-state index >= 15 is 0 Å². The third kappa shape index (κ3) is 3.68. The van der Waals surface area contributed by atoms with Crippen molar-refractivity contribution in [2.45, 2.75) is 0 Å². The van der Waals surface area contributed by atoms with E-state index < -0.39 is 0 Å². The van der Waals surface area contributed by atoms with E-state index in [1.807, 2.05) is 30.3 Å². The van der Waals surface area contributed by atoms with Crippen LogP contribution in [0.2, 0.25) is 0 Å². The fourth-order valence-corrected chi connectivity index (χ4v) is 3.38. The van der Waals surface area contributed by atoms with Crippen molar-refractivity contribution in [3.05, 3.63) is 66.2 Å². The van der Waals surface area contributed by atoms with Gasteiger partial charge in [0.25, 0.3) is 0 Å². The average molecular weight is 346 g/mol. The number of anilines is 2. The molecule has 3 aromatic rings. The summed E-state index contributed by atoms with van der Waals surface area (Å²) < 4.78 is 0. The van der Waals surface area contributed by atoms with Crippen molar-refractivity contribution in [3.63, 3.8) is 0 Å². The first-order chi connectivity index (χ1) is 12.8. The van der Waals surface area contributed by atoms with Crippen molar-refractivity contribution in [2.24, 2.45) is 0 Å². The summed E-state index contributed by atoms with van der Waals surface area (Å²) in [5.74, 6) is 1.31. The smallest absolute Gasteiger partial charge is 0.228 e. The Balaban J connectivity index is 1.37. The second-order valence-electron chi connectivity index (χ2n) is 6.68. The third-order valence-corrected chi connectivity index (χ3v) is 4.89. The van der Waals surface area contributed by atoms with Crippen LogP contribution in [0.4, 0.5) is 11.8 Å². The molecule has 1 aliphatic heterocycles. The van der Waals surface area contributed by atoms with E-state index in [9.17, 15) is 0 Å². The summed E-state index contributed by atoms with van der Waals surface area (Å²) in [6.07, 6.45) is 4.47. The van der Waals surface area contributed by atoms with Crippen LogP contribution in [-0.4, -0.2) is 42.7 Å². The molecule has 0 radical (unpaired) electrons. The zero-order chi connectivity index (χ0) is 17.8. The summed E-state index contributed by atoms with van der Waals surface area (Å²) in [7, 11) is 0. The Morgan fingerprint density at radius 2 is 1.69 bits per heavy atom. The topological polar surface area (TPSA) is 59.5 Å². The number of quaternary nitrogens is 1. The molecule has 1 aliphatic rings. The number of nitrogens with zero attached hydrogens (tertiary/aromatic N) is 3. The van der Waals surface area contributed by atoms with Gasteiger partial charge in [0.15, 0.2) is 0 Å². The number of hydrogen-bond acceptors (Lipinski definition) is 4. The summed E-state index contributed by atoms with van der Waals surface area (Å²) in [6.45, 7) is 5.10. The van der Waals surface area contributed by atoms with Gasteiger partial charge in [0.2, 0.25) is 5.95 Å². The van der Waals surface area contributed by atoms with Gasteiger partial charge in [-0.3, -0.25) is 0 Å². The van der Waals surface area contributed by atoms with E-state index in [0.29, 0.717) is 5.82 Å². The van der Waals surface area contributed by atoms with Crippen LogP contribution in [-0.2, 0) is 0 Å². The molecular weight excluding hydrogens is 322 g/mol. The van der Waals surface area contributed by atoms with Crippen LogP contribution in [0, 0.1) is 0 Å². The fraction of sp³-hybridized carbons (Fsp3) is 0.238. The van der Waals surface area contributed by atoms with Gasteiger partial charge in [0.1, 0.15) is 5.82 Å². The number of fused-ring (bicyclic) bond motifs is 1. The van der Waals surface area contributed by atoms with Crippen LogP contribution in [0.15, 0.2) is 60.7 Å². The Kier molecular flexibility index (Phi) is 4.80. The van der Waals surface area contributed by atoms with Crippen molar-refractivity contribution in [3.8, 4) is 0 Å². The minimum Gasteiger partial charge on any atom is -0.383 e. The molecule has 0 aliphatic carbocycles. The number of piperazine rings is 1.